The van der Waals surface area contributed by atoms with Crippen molar-refractivity contribution in [3.63, 3.8) is 0 Å². The van der Waals surface area contributed by atoms with Gasteiger partial charge >= 0.3 is 0 Å². The Labute approximate surface area is 105 Å². The number of nitrogens with two attached hydrogens (primary N) is 1. The van der Waals surface area contributed by atoms with Gasteiger partial charge in [0.15, 0.2) is 0 Å². The summed E-state index contributed by atoms with van der Waals surface area (Å²) in [6, 6.07) is 7.59. The number of carbonyl (C=O) groups is 1. The summed E-state index contributed by atoms with van der Waals surface area (Å²) in [5, 5.41) is 2.81. The van der Waals surface area contributed by atoms with Crippen LogP contribution in [0.25, 0.3) is 0 Å². The molecule has 2 rings (SSSR count). The lowest BCUT2D eigenvalue weighted by molar-refractivity contribution is -0.122. The fraction of sp³-hybridized carbons (Fsp3) is 0.333. The second kappa shape index (κ2) is 5.14. The molecule has 4 nitrogen and oxygen atoms in total. The van der Waals surface area contributed by atoms with Crippen LogP contribution in [-0.2, 0) is 4.79 Å². The van der Waals surface area contributed by atoms with Crippen LogP contribution in [0.1, 0.15) is 17.9 Å². The number of fused-ring (bicyclic) bond motifs is 1. The maximum absolute atomic E-state index is 11.9. The van der Waals surface area contributed by atoms with Crippen LogP contribution in [0.4, 0.5) is 0 Å². The van der Waals surface area contributed by atoms with E-state index in [0.29, 0.717) is 24.6 Å². The number of hydrogen-bond acceptors (Lipinski definition) is 3. The van der Waals surface area contributed by atoms with Crippen molar-refractivity contribution < 1.29 is 9.53 Å². The molecule has 0 saturated heterocycles. The fourth-order valence-electron chi connectivity index (χ4n) is 1.81. The highest BCUT2D eigenvalue weighted by Gasteiger charge is 2.29. The normalized spacial score (nSPS) is 17.1. The number of amides is 1. The predicted molar refractivity (Wildman–Crippen MR) is 69.1 cm³/mol. The van der Waals surface area contributed by atoms with Crippen molar-refractivity contribution in [2.24, 2.45) is 5.73 Å². The predicted octanol–water partition coefficient (Wildman–Crippen LogP) is 0.955. The lowest BCUT2D eigenvalue weighted by Gasteiger charge is -2.09. The molecule has 0 aromatic heterocycles. The topological polar surface area (TPSA) is 64.3 Å². The minimum atomic E-state index is -0.224. The first-order valence-corrected chi connectivity index (χ1v) is 5.87. The highest BCUT2D eigenvalue weighted by atomic mass is 32.1. The van der Waals surface area contributed by atoms with Gasteiger partial charge in [-0.15, -0.1) is 0 Å². The number of ether oxygens (including phenoxy) is 1. The van der Waals surface area contributed by atoms with E-state index in [2.05, 4.69) is 5.32 Å². The Hall–Kier alpha value is -1.62. The number of benzene rings is 1. The summed E-state index contributed by atoms with van der Waals surface area (Å²) >= 11 is 4.75. The van der Waals surface area contributed by atoms with Crippen LogP contribution in [0.3, 0.4) is 0 Å². The molecule has 17 heavy (non-hydrogen) atoms. The van der Waals surface area contributed by atoms with Crippen LogP contribution in [0.2, 0.25) is 0 Å². The molecule has 1 aliphatic rings. The van der Waals surface area contributed by atoms with Gasteiger partial charge in [-0.2, -0.15) is 0 Å². The zero-order valence-corrected chi connectivity index (χ0v) is 10.1. The summed E-state index contributed by atoms with van der Waals surface area (Å²) in [5.41, 5.74) is 6.31. The Balaban J connectivity index is 1.96. The van der Waals surface area contributed by atoms with Gasteiger partial charge in [0, 0.05) is 18.5 Å². The van der Waals surface area contributed by atoms with Crippen LogP contribution in [-0.4, -0.2) is 24.0 Å². The van der Waals surface area contributed by atoms with Crippen molar-refractivity contribution >= 4 is 23.1 Å². The molecule has 1 amide bonds. The van der Waals surface area contributed by atoms with Gasteiger partial charge in [0.1, 0.15) is 18.3 Å². The summed E-state index contributed by atoms with van der Waals surface area (Å²) in [6.07, 6.45) is 0.524. The Kier molecular flexibility index (Phi) is 3.58. The van der Waals surface area contributed by atoms with Crippen LogP contribution < -0.4 is 15.8 Å². The second-order valence-corrected chi connectivity index (χ2v) is 4.43. The van der Waals surface area contributed by atoms with E-state index in [1.54, 1.807) is 0 Å². The summed E-state index contributed by atoms with van der Waals surface area (Å²) in [5.74, 6) is 0.533. The Morgan fingerprint density at radius 1 is 1.53 bits per heavy atom. The molecule has 90 valence electrons. The first-order valence-electron chi connectivity index (χ1n) is 5.46. The molecule has 0 fully saturated rings. The molecule has 5 heteroatoms. The average molecular weight is 250 g/mol. The maximum atomic E-state index is 11.9. The Morgan fingerprint density at radius 2 is 2.29 bits per heavy atom. The van der Waals surface area contributed by atoms with Gasteiger partial charge in [-0.25, -0.2) is 0 Å². The fourth-order valence-corrected chi connectivity index (χ4v) is 1.91. The molecule has 0 radical (unpaired) electrons. The summed E-state index contributed by atoms with van der Waals surface area (Å²) in [6.45, 7) is 0.880. The zero-order valence-electron chi connectivity index (χ0n) is 9.31. The molecular formula is C12H14N2O2S. The van der Waals surface area contributed by atoms with Gasteiger partial charge in [0.25, 0.3) is 0 Å². The first-order chi connectivity index (χ1) is 8.18. The minimum Gasteiger partial charge on any atom is -0.492 e. The molecule has 1 aliphatic heterocycles. The van der Waals surface area contributed by atoms with Gasteiger partial charge < -0.3 is 15.8 Å². The van der Waals surface area contributed by atoms with Crippen LogP contribution in [0.5, 0.6) is 5.75 Å². The van der Waals surface area contributed by atoms with Crippen molar-refractivity contribution in [1.82, 2.24) is 5.32 Å². The third kappa shape index (κ3) is 2.74. The smallest absolute Gasteiger partial charge is 0.231 e. The monoisotopic (exact) mass is 250 g/mol. The molecule has 1 atom stereocenters. The summed E-state index contributed by atoms with van der Waals surface area (Å²) in [4.78, 5) is 12.3. The van der Waals surface area contributed by atoms with E-state index >= 15 is 0 Å². The van der Waals surface area contributed by atoms with Crippen LogP contribution >= 0.6 is 12.2 Å². The van der Waals surface area contributed by atoms with E-state index in [1.165, 1.54) is 0 Å². The molecule has 3 N–H and O–H groups in total. The molecule has 1 heterocycles. The number of nitrogens with one attached hydrogen (secondary N) is 1. The van der Waals surface area contributed by atoms with Gasteiger partial charge in [0.05, 0.1) is 4.99 Å². The molecule has 1 aromatic carbocycles. The first kappa shape index (κ1) is 11.9. The third-order valence-corrected chi connectivity index (χ3v) is 2.89. The quantitative estimate of drug-likeness (QED) is 0.781. The van der Waals surface area contributed by atoms with Crippen molar-refractivity contribution in [3.05, 3.63) is 29.8 Å². The molecule has 1 aromatic rings. The number of rotatable bonds is 4. The minimum absolute atomic E-state index is 0.0359. The summed E-state index contributed by atoms with van der Waals surface area (Å²) < 4.78 is 5.45. The number of hydrogen-bond donors (Lipinski definition) is 2. The Morgan fingerprint density at radius 3 is 3.06 bits per heavy atom. The molecule has 0 spiro atoms. The molecule has 1 unspecified atom stereocenters. The zero-order chi connectivity index (χ0) is 12.3. The molecule has 0 aliphatic carbocycles. The number of thiocarbonyl (C=S) groups is 1. The Bertz CT molecular complexity index is 448. The SMILES string of the molecule is NC(=S)CCNC(=O)C1COc2ccccc21. The average Bonchev–Trinajstić information content (AvgIpc) is 2.72. The van der Waals surface area contributed by atoms with Crippen molar-refractivity contribution in [1.29, 1.82) is 0 Å². The molecule has 0 saturated carbocycles. The van der Waals surface area contributed by atoms with Crippen LogP contribution in [0, 0.1) is 0 Å². The van der Waals surface area contributed by atoms with E-state index in [1.807, 2.05) is 24.3 Å². The van der Waals surface area contributed by atoms with E-state index < -0.39 is 0 Å². The van der Waals surface area contributed by atoms with Crippen molar-refractivity contribution in [3.8, 4) is 5.75 Å². The second-order valence-electron chi connectivity index (χ2n) is 3.91. The van der Waals surface area contributed by atoms with Gasteiger partial charge in [-0.3, -0.25) is 4.79 Å². The van der Waals surface area contributed by atoms with E-state index in [0.717, 1.165) is 11.3 Å². The largest absolute Gasteiger partial charge is 0.492 e. The maximum Gasteiger partial charge on any atom is 0.231 e. The van der Waals surface area contributed by atoms with E-state index in [4.69, 9.17) is 22.7 Å². The van der Waals surface area contributed by atoms with E-state index in [9.17, 15) is 4.79 Å². The lowest BCUT2D eigenvalue weighted by atomic mass is 10.0. The van der Waals surface area contributed by atoms with Gasteiger partial charge in [-0.1, -0.05) is 30.4 Å². The molecular weight excluding hydrogens is 236 g/mol. The number of carbonyl (C=O) groups excluding carboxylic acids is 1. The highest BCUT2D eigenvalue weighted by molar-refractivity contribution is 7.80. The number of para-hydroxylation sites is 1. The van der Waals surface area contributed by atoms with Crippen molar-refractivity contribution in [2.45, 2.75) is 12.3 Å². The molecule has 0 bridgehead atoms. The lowest BCUT2D eigenvalue weighted by Crippen LogP contribution is -2.32. The van der Waals surface area contributed by atoms with Crippen molar-refractivity contribution in [2.75, 3.05) is 13.2 Å². The van der Waals surface area contributed by atoms with Gasteiger partial charge in [0.2, 0.25) is 5.91 Å². The summed E-state index contributed by atoms with van der Waals surface area (Å²) in [7, 11) is 0. The highest BCUT2D eigenvalue weighted by Crippen LogP contribution is 2.33. The third-order valence-electron chi connectivity index (χ3n) is 2.69. The van der Waals surface area contributed by atoms with E-state index in [-0.39, 0.29) is 11.8 Å². The van der Waals surface area contributed by atoms with Gasteiger partial charge in [-0.05, 0) is 6.07 Å². The standard InChI is InChI=1S/C12H14N2O2S/c13-11(17)5-6-14-12(15)9-7-16-10-4-2-1-3-8(9)10/h1-4,9H,5-7H2,(H2,13,17)(H,14,15). The van der Waals surface area contributed by atoms with Crippen LogP contribution in [0.15, 0.2) is 24.3 Å².